The Morgan fingerprint density at radius 2 is 1.59 bits per heavy atom. The molecule has 0 heteroatoms. The third-order valence-corrected chi connectivity index (χ3v) is 5.94. The van der Waals surface area contributed by atoms with Gasteiger partial charge in [-0.05, 0) is 54.8 Å². The third kappa shape index (κ3) is 1.90. The van der Waals surface area contributed by atoms with Gasteiger partial charge in [-0.15, -0.1) is 0 Å². The predicted octanol–water partition coefficient (Wildman–Crippen LogP) is 4.97. The van der Waals surface area contributed by atoms with Gasteiger partial charge in [0.1, 0.15) is 0 Å². The van der Waals surface area contributed by atoms with E-state index in [1.54, 1.807) is 0 Å². The molecule has 0 aromatic heterocycles. The summed E-state index contributed by atoms with van der Waals surface area (Å²) in [4.78, 5) is 0. The van der Waals surface area contributed by atoms with Gasteiger partial charge in [-0.3, -0.25) is 0 Å². The Hall–Kier alpha value is -0.520. The van der Waals surface area contributed by atoms with E-state index in [0.717, 1.165) is 23.7 Å². The Balaban J connectivity index is 1.79. The Morgan fingerprint density at radius 3 is 2.35 bits per heavy atom. The molecule has 3 atom stereocenters. The third-order valence-electron chi connectivity index (χ3n) is 5.94. The number of rotatable bonds is 2. The van der Waals surface area contributed by atoms with E-state index in [1.165, 1.54) is 38.5 Å². The lowest BCUT2D eigenvalue weighted by atomic mass is 9.64. The van der Waals surface area contributed by atoms with Crippen molar-refractivity contribution in [2.24, 2.45) is 29.1 Å². The van der Waals surface area contributed by atoms with Crippen molar-refractivity contribution in [1.29, 1.82) is 0 Å². The standard InChI is InChI=1S/C17H26/c1-17(2,14-8-4-5-9-14)16-12-11-13-7-3-6-10-15(13)16/h3,6-7,10,13-16H,4-5,8-9,11-12H2,1-2H3. The minimum Gasteiger partial charge on any atom is -0.0808 e. The molecule has 0 radical (unpaired) electrons. The summed E-state index contributed by atoms with van der Waals surface area (Å²) >= 11 is 0. The Morgan fingerprint density at radius 1 is 0.882 bits per heavy atom. The van der Waals surface area contributed by atoms with E-state index in [9.17, 15) is 0 Å². The lowest BCUT2D eigenvalue weighted by Gasteiger charge is -2.41. The lowest BCUT2D eigenvalue weighted by Crippen LogP contribution is -2.34. The second-order valence-electron chi connectivity index (χ2n) is 7.00. The van der Waals surface area contributed by atoms with E-state index >= 15 is 0 Å². The summed E-state index contributed by atoms with van der Waals surface area (Å²) in [5.74, 6) is 3.61. The molecule has 0 aromatic carbocycles. The molecular weight excluding hydrogens is 204 g/mol. The maximum absolute atomic E-state index is 2.56. The van der Waals surface area contributed by atoms with Crippen LogP contribution >= 0.6 is 0 Å². The second kappa shape index (κ2) is 4.30. The van der Waals surface area contributed by atoms with Crippen LogP contribution in [0.2, 0.25) is 0 Å². The SMILES string of the molecule is CC(C)(C1CCCC1)C1CCC2C=CC=CC21. The summed E-state index contributed by atoms with van der Waals surface area (Å²) in [5, 5.41) is 0. The van der Waals surface area contributed by atoms with Crippen LogP contribution in [-0.2, 0) is 0 Å². The summed E-state index contributed by atoms with van der Waals surface area (Å²) in [5.41, 5.74) is 0.561. The van der Waals surface area contributed by atoms with Gasteiger partial charge in [0.15, 0.2) is 0 Å². The van der Waals surface area contributed by atoms with E-state index in [1.807, 2.05) is 0 Å². The molecule has 3 unspecified atom stereocenters. The summed E-state index contributed by atoms with van der Waals surface area (Å²) in [6.45, 7) is 5.12. The molecular formula is C17H26. The largest absolute Gasteiger partial charge is 0.0808 e. The van der Waals surface area contributed by atoms with Crippen LogP contribution < -0.4 is 0 Å². The normalized spacial score (nSPS) is 37.6. The molecule has 2 saturated carbocycles. The van der Waals surface area contributed by atoms with E-state index in [-0.39, 0.29) is 0 Å². The van der Waals surface area contributed by atoms with Gasteiger partial charge in [-0.25, -0.2) is 0 Å². The maximum Gasteiger partial charge on any atom is -0.0134 e. The van der Waals surface area contributed by atoms with Gasteiger partial charge in [-0.1, -0.05) is 51.0 Å². The van der Waals surface area contributed by atoms with E-state index in [4.69, 9.17) is 0 Å². The zero-order chi connectivity index (χ0) is 11.9. The monoisotopic (exact) mass is 230 g/mol. The molecule has 3 rings (SSSR count). The molecule has 0 bridgehead atoms. The van der Waals surface area contributed by atoms with E-state index < -0.39 is 0 Å². The van der Waals surface area contributed by atoms with Crippen LogP contribution in [0.1, 0.15) is 52.4 Å². The minimum absolute atomic E-state index is 0.561. The van der Waals surface area contributed by atoms with Gasteiger partial charge in [0.2, 0.25) is 0 Å². The molecule has 0 aliphatic heterocycles. The van der Waals surface area contributed by atoms with Crippen LogP contribution in [0.3, 0.4) is 0 Å². The summed E-state index contributed by atoms with van der Waals surface area (Å²) in [7, 11) is 0. The van der Waals surface area contributed by atoms with Crippen molar-refractivity contribution in [3.05, 3.63) is 24.3 Å². The quantitative estimate of drug-likeness (QED) is 0.628. The highest BCUT2D eigenvalue weighted by Crippen LogP contribution is 2.54. The molecule has 0 heterocycles. The molecule has 0 N–H and O–H groups in total. The van der Waals surface area contributed by atoms with Gasteiger partial charge < -0.3 is 0 Å². The summed E-state index contributed by atoms with van der Waals surface area (Å²) in [6, 6.07) is 0. The first-order valence-corrected chi connectivity index (χ1v) is 7.54. The van der Waals surface area contributed by atoms with Crippen molar-refractivity contribution in [3.8, 4) is 0 Å². The number of hydrogen-bond acceptors (Lipinski definition) is 0. The van der Waals surface area contributed by atoms with Crippen LogP contribution in [0.15, 0.2) is 24.3 Å². The maximum atomic E-state index is 2.56. The summed E-state index contributed by atoms with van der Waals surface area (Å²) in [6.07, 6.45) is 18.3. The summed E-state index contributed by atoms with van der Waals surface area (Å²) < 4.78 is 0. The van der Waals surface area contributed by atoms with Crippen molar-refractivity contribution < 1.29 is 0 Å². The fourth-order valence-electron chi connectivity index (χ4n) is 4.80. The van der Waals surface area contributed by atoms with Crippen molar-refractivity contribution in [2.45, 2.75) is 52.4 Å². The zero-order valence-electron chi connectivity index (χ0n) is 11.4. The fraction of sp³-hybridized carbons (Fsp3) is 0.765. The highest BCUT2D eigenvalue weighted by Gasteiger charge is 2.46. The van der Waals surface area contributed by atoms with Gasteiger partial charge >= 0.3 is 0 Å². The first kappa shape index (κ1) is 11.6. The van der Waals surface area contributed by atoms with E-state index in [0.29, 0.717) is 5.41 Å². The zero-order valence-corrected chi connectivity index (χ0v) is 11.4. The fourth-order valence-corrected chi connectivity index (χ4v) is 4.80. The van der Waals surface area contributed by atoms with Gasteiger partial charge in [-0.2, -0.15) is 0 Å². The Bertz CT molecular complexity index is 328. The average Bonchev–Trinajstić information content (AvgIpc) is 2.99. The molecule has 94 valence electrons. The highest BCUT2D eigenvalue weighted by molar-refractivity contribution is 5.18. The van der Waals surface area contributed by atoms with Crippen molar-refractivity contribution >= 4 is 0 Å². The first-order chi connectivity index (χ1) is 8.19. The molecule has 0 aromatic rings. The van der Waals surface area contributed by atoms with Crippen LogP contribution in [0.25, 0.3) is 0 Å². The van der Waals surface area contributed by atoms with Crippen molar-refractivity contribution in [1.82, 2.24) is 0 Å². The van der Waals surface area contributed by atoms with Crippen LogP contribution in [0.5, 0.6) is 0 Å². The molecule has 0 saturated heterocycles. The Kier molecular flexibility index (Phi) is 2.92. The van der Waals surface area contributed by atoms with Crippen LogP contribution in [0.4, 0.5) is 0 Å². The molecule has 17 heavy (non-hydrogen) atoms. The molecule has 0 nitrogen and oxygen atoms in total. The van der Waals surface area contributed by atoms with Gasteiger partial charge in [0.05, 0.1) is 0 Å². The van der Waals surface area contributed by atoms with Crippen LogP contribution in [0, 0.1) is 29.1 Å². The number of hydrogen-bond donors (Lipinski definition) is 0. The highest BCUT2D eigenvalue weighted by atomic mass is 14.5. The first-order valence-electron chi connectivity index (χ1n) is 7.54. The smallest absolute Gasteiger partial charge is 0.0134 e. The molecule has 3 aliphatic rings. The van der Waals surface area contributed by atoms with Crippen molar-refractivity contribution in [3.63, 3.8) is 0 Å². The molecule has 2 fully saturated rings. The average molecular weight is 230 g/mol. The van der Waals surface area contributed by atoms with Crippen LogP contribution in [-0.4, -0.2) is 0 Å². The van der Waals surface area contributed by atoms with Crippen molar-refractivity contribution in [2.75, 3.05) is 0 Å². The molecule has 0 spiro atoms. The second-order valence-corrected chi connectivity index (χ2v) is 7.00. The topological polar surface area (TPSA) is 0 Å². The van der Waals surface area contributed by atoms with Gasteiger partial charge in [0, 0.05) is 0 Å². The molecule has 3 aliphatic carbocycles. The predicted molar refractivity (Wildman–Crippen MR) is 73.7 cm³/mol. The number of allylic oxidation sites excluding steroid dienone is 4. The van der Waals surface area contributed by atoms with E-state index in [2.05, 4.69) is 38.2 Å². The Labute approximate surface area is 106 Å². The lowest BCUT2D eigenvalue weighted by molar-refractivity contribution is 0.0959. The number of fused-ring (bicyclic) bond motifs is 1. The minimum atomic E-state index is 0.561. The molecule has 0 amide bonds. The van der Waals surface area contributed by atoms with Gasteiger partial charge in [0.25, 0.3) is 0 Å².